The summed E-state index contributed by atoms with van der Waals surface area (Å²) in [7, 11) is 0. The first-order valence-electron chi connectivity index (χ1n) is 9.30. The molecule has 1 aliphatic heterocycles. The molecule has 3 rings (SSSR count). The predicted octanol–water partition coefficient (Wildman–Crippen LogP) is 5.98. The molecule has 0 aliphatic carbocycles. The molecule has 0 amide bonds. The summed E-state index contributed by atoms with van der Waals surface area (Å²) in [5.41, 5.74) is -2.02. The first-order valence-corrected chi connectivity index (χ1v) is 9.30. The molecular formula is C22H18F6O2. The summed E-state index contributed by atoms with van der Waals surface area (Å²) in [6, 6.07) is 4.09. The van der Waals surface area contributed by atoms with Crippen LogP contribution in [0.15, 0.2) is 30.3 Å². The minimum Gasteiger partial charge on any atom is -0.348 e. The summed E-state index contributed by atoms with van der Waals surface area (Å²) < 4.78 is 91.2. The molecular weight excluding hydrogens is 410 g/mol. The molecule has 1 heterocycles. The van der Waals surface area contributed by atoms with Gasteiger partial charge in [0.25, 0.3) is 0 Å². The number of hydrogen-bond donors (Lipinski definition) is 0. The quantitative estimate of drug-likeness (QED) is 0.442. The van der Waals surface area contributed by atoms with E-state index in [1.54, 1.807) is 0 Å². The van der Waals surface area contributed by atoms with Crippen LogP contribution in [0.1, 0.15) is 48.3 Å². The van der Waals surface area contributed by atoms with Crippen LogP contribution in [0.2, 0.25) is 0 Å². The van der Waals surface area contributed by atoms with E-state index in [2.05, 4.69) is 11.8 Å². The topological polar surface area (TPSA) is 18.5 Å². The Hall–Kier alpha value is -2.50. The summed E-state index contributed by atoms with van der Waals surface area (Å²) in [6.07, 6.45) is -3.84. The van der Waals surface area contributed by atoms with E-state index in [-0.39, 0.29) is 17.0 Å². The molecule has 1 fully saturated rings. The van der Waals surface area contributed by atoms with E-state index < -0.39 is 41.0 Å². The summed E-state index contributed by atoms with van der Waals surface area (Å²) >= 11 is 0. The lowest BCUT2D eigenvalue weighted by Gasteiger charge is -2.29. The van der Waals surface area contributed by atoms with Gasteiger partial charge in [-0.2, -0.15) is 13.2 Å². The maximum Gasteiger partial charge on any atom is 0.419 e. The van der Waals surface area contributed by atoms with E-state index >= 15 is 0 Å². The van der Waals surface area contributed by atoms with Crippen LogP contribution in [0.5, 0.6) is 0 Å². The molecule has 0 unspecified atom stereocenters. The fourth-order valence-electron chi connectivity index (χ4n) is 3.12. The molecule has 30 heavy (non-hydrogen) atoms. The minimum absolute atomic E-state index is 0.149. The van der Waals surface area contributed by atoms with Gasteiger partial charge in [0.2, 0.25) is 0 Å². The number of halogens is 6. The third kappa shape index (κ3) is 5.15. The van der Waals surface area contributed by atoms with Gasteiger partial charge in [-0.3, -0.25) is 0 Å². The molecule has 160 valence electrons. The zero-order valence-electron chi connectivity index (χ0n) is 16.0. The molecule has 1 aliphatic rings. The largest absolute Gasteiger partial charge is 0.419 e. The maximum atomic E-state index is 14.4. The highest BCUT2D eigenvalue weighted by atomic mass is 19.4. The second-order valence-electron chi connectivity index (χ2n) is 6.96. The van der Waals surface area contributed by atoms with Gasteiger partial charge in [-0.1, -0.05) is 25.2 Å². The molecule has 2 nitrogen and oxygen atoms in total. The summed E-state index contributed by atoms with van der Waals surface area (Å²) in [4.78, 5) is 0. The van der Waals surface area contributed by atoms with Crippen molar-refractivity contribution < 1.29 is 35.8 Å². The van der Waals surface area contributed by atoms with Crippen LogP contribution >= 0.6 is 0 Å². The van der Waals surface area contributed by atoms with Crippen LogP contribution < -0.4 is 0 Å². The Bertz CT molecular complexity index is 943. The van der Waals surface area contributed by atoms with Gasteiger partial charge in [-0.15, -0.1) is 0 Å². The van der Waals surface area contributed by atoms with Crippen molar-refractivity contribution in [1.29, 1.82) is 0 Å². The van der Waals surface area contributed by atoms with Gasteiger partial charge < -0.3 is 9.47 Å². The average molecular weight is 428 g/mol. The SMILES string of the molecule is CCCC1COC(c2cc(F)c(C#Cc3ccc(C(F)(F)F)c(F)c3)c(F)c2)OC1. The Morgan fingerprint density at radius 1 is 0.933 bits per heavy atom. The van der Waals surface area contributed by atoms with Crippen LogP contribution in [0, 0.1) is 35.2 Å². The standard InChI is InChI=1S/C22H18F6O2/c1-2-3-14-11-29-21(30-12-14)15-9-18(23)16(19(24)10-15)6-4-13-5-7-17(20(25)8-13)22(26,27)28/h5,7-10,14,21H,2-3,11-12H2,1H3. The van der Waals surface area contributed by atoms with Crippen molar-refractivity contribution in [2.45, 2.75) is 32.2 Å². The van der Waals surface area contributed by atoms with E-state index in [1.165, 1.54) is 0 Å². The van der Waals surface area contributed by atoms with Gasteiger partial charge in [-0.25, -0.2) is 13.2 Å². The number of rotatable bonds is 3. The van der Waals surface area contributed by atoms with Crippen molar-refractivity contribution in [3.05, 3.63) is 70.0 Å². The van der Waals surface area contributed by atoms with Crippen molar-refractivity contribution in [3.8, 4) is 11.8 Å². The molecule has 0 bridgehead atoms. The van der Waals surface area contributed by atoms with Crippen LogP contribution in [0.25, 0.3) is 0 Å². The third-order valence-corrected chi connectivity index (χ3v) is 4.61. The second-order valence-corrected chi connectivity index (χ2v) is 6.96. The van der Waals surface area contributed by atoms with Crippen molar-refractivity contribution >= 4 is 0 Å². The smallest absolute Gasteiger partial charge is 0.348 e. The van der Waals surface area contributed by atoms with Crippen LogP contribution in [-0.2, 0) is 15.7 Å². The molecule has 2 aromatic carbocycles. The average Bonchev–Trinajstić information content (AvgIpc) is 2.67. The second kappa shape index (κ2) is 9.11. The molecule has 0 aromatic heterocycles. The molecule has 1 saturated heterocycles. The Labute approximate surface area is 169 Å². The van der Waals surface area contributed by atoms with Crippen LogP contribution in [0.3, 0.4) is 0 Å². The van der Waals surface area contributed by atoms with E-state index in [4.69, 9.17) is 9.47 Å². The first kappa shape index (κ1) is 22.2. The normalized spacial score (nSPS) is 19.3. The summed E-state index contributed by atoms with van der Waals surface area (Å²) in [5.74, 6) is 1.25. The van der Waals surface area contributed by atoms with Gasteiger partial charge in [0, 0.05) is 17.0 Å². The van der Waals surface area contributed by atoms with Gasteiger partial charge >= 0.3 is 6.18 Å². The zero-order chi connectivity index (χ0) is 21.9. The Morgan fingerprint density at radius 2 is 1.57 bits per heavy atom. The molecule has 0 spiro atoms. The molecule has 0 radical (unpaired) electrons. The fourth-order valence-corrected chi connectivity index (χ4v) is 3.12. The molecule has 0 atom stereocenters. The van der Waals surface area contributed by atoms with Crippen molar-refractivity contribution in [2.75, 3.05) is 13.2 Å². The maximum absolute atomic E-state index is 14.4. The highest BCUT2D eigenvalue weighted by molar-refractivity contribution is 5.46. The van der Waals surface area contributed by atoms with Gasteiger partial charge in [-0.05, 0) is 36.8 Å². The Morgan fingerprint density at radius 3 is 2.10 bits per heavy atom. The molecule has 8 heteroatoms. The van der Waals surface area contributed by atoms with Crippen molar-refractivity contribution in [3.63, 3.8) is 0 Å². The first-order chi connectivity index (χ1) is 14.2. The highest BCUT2D eigenvalue weighted by Crippen LogP contribution is 2.32. The van der Waals surface area contributed by atoms with Crippen molar-refractivity contribution in [2.24, 2.45) is 5.92 Å². The zero-order valence-corrected chi connectivity index (χ0v) is 16.0. The summed E-state index contributed by atoms with van der Waals surface area (Å²) in [6.45, 7) is 2.88. The highest BCUT2D eigenvalue weighted by Gasteiger charge is 2.33. The third-order valence-electron chi connectivity index (χ3n) is 4.61. The van der Waals surface area contributed by atoms with E-state index in [0.717, 1.165) is 31.0 Å². The van der Waals surface area contributed by atoms with E-state index in [1.807, 2.05) is 6.92 Å². The molecule has 0 N–H and O–H groups in total. The number of benzene rings is 2. The lowest BCUT2D eigenvalue weighted by atomic mass is 10.0. The predicted molar refractivity (Wildman–Crippen MR) is 96.8 cm³/mol. The molecule has 2 aromatic rings. The van der Waals surface area contributed by atoms with Gasteiger partial charge in [0.1, 0.15) is 17.5 Å². The number of ether oxygens (including phenoxy) is 2. The van der Waals surface area contributed by atoms with E-state index in [0.29, 0.717) is 25.3 Å². The minimum atomic E-state index is -4.84. The van der Waals surface area contributed by atoms with Gasteiger partial charge in [0.05, 0.1) is 24.3 Å². The van der Waals surface area contributed by atoms with Crippen LogP contribution in [0.4, 0.5) is 26.3 Å². The lowest BCUT2D eigenvalue weighted by molar-refractivity contribution is -0.206. The van der Waals surface area contributed by atoms with Crippen LogP contribution in [-0.4, -0.2) is 13.2 Å². The number of hydrogen-bond acceptors (Lipinski definition) is 2. The fraction of sp³-hybridized carbons (Fsp3) is 0.364. The lowest BCUT2D eigenvalue weighted by Crippen LogP contribution is -2.27. The monoisotopic (exact) mass is 428 g/mol. The summed E-state index contributed by atoms with van der Waals surface area (Å²) in [5, 5.41) is 0. The van der Waals surface area contributed by atoms with E-state index in [9.17, 15) is 26.3 Å². The Balaban J connectivity index is 1.79. The van der Waals surface area contributed by atoms with Gasteiger partial charge in [0.15, 0.2) is 6.29 Å². The van der Waals surface area contributed by atoms with Crippen molar-refractivity contribution in [1.82, 2.24) is 0 Å². The Kier molecular flexibility index (Phi) is 6.74. The number of alkyl halides is 3. The molecule has 0 saturated carbocycles.